The SMILES string of the molecule is CNc1nc(Nc2ccc(C(F)(F)F)cc2Br)cc(-c2ccccn2)n1. The average Bonchev–Trinajstić information content (AvgIpc) is 2.63. The van der Waals surface area contributed by atoms with E-state index in [1.807, 2.05) is 6.07 Å². The van der Waals surface area contributed by atoms with E-state index in [0.29, 0.717) is 28.8 Å². The average molecular weight is 424 g/mol. The lowest BCUT2D eigenvalue weighted by molar-refractivity contribution is -0.137. The maximum Gasteiger partial charge on any atom is 0.416 e. The fourth-order valence-corrected chi connectivity index (χ4v) is 2.68. The molecule has 0 fully saturated rings. The van der Waals surface area contributed by atoms with Crippen LogP contribution in [0.1, 0.15) is 5.56 Å². The second-order valence-corrected chi connectivity index (χ2v) is 6.10. The molecule has 0 aliphatic rings. The number of aromatic nitrogens is 3. The number of alkyl halides is 3. The van der Waals surface area contributed by atoms with Crippen LogP contribution in [0.5, 0.6) is 0 Å². The van der Waals surface area contributed by atoms with Gasteiger partial charge in [-0.1, -0.05) is 6.07 Å². The zero-order valence-corrected chi connectivity index (χ0v) is 15.1. The first-order valence-corrected chi connectivity index (χ1v) is 8.28. The van der Waals surface area contributed by atoms with Crippen molar-refractivity contribution in [2.45, 2.75) is 6.18 Å². The van der Waals surface area contributed by atoms with Crippen LogP contribution < -0.4 is 10.6 Å². The third-order valence-corrected chi connectivity index (χ3v) is 4.09. The Balaban J connectivity index is 1.95. The molecule has 2 heterocycles. The van der Waals surface area contributed by atoms with E-state index in [4.69, 9.17) is 0 Å². The highest BCUT2D eigenvalue weighted by Crippen LogP contribution is 2.35. The van der Waals surface area contributed by atoms with Gasteiger partial charge in [0.25, 0.3) is 0 Å². The van der Waals surface area contributed by atoms with E-state index >= 15 is 0 Å². The van der Waals surface area contributed by atoms with Crippen LogP contribution in [0.3, 0.4) is 0 Å². The Morgan fingerprint density at radius 3 is 2.42 bits per heavy atom. The van der Waals surface area contributed by atoms with Crippen molar-refractivity contribution in [3.63, 3.8) is 0 Å². The lowest BCUT2D eigenvalue weighted by Gasteiger charge is -2.13. The Morgan fingerprint density at radius 1 is 1.00 bits per heavy atom. The van der Waals surface area contributed by atoms with E-state index < -0.39 is 11.7 Å². The quantitative estimate of drug-likeness (QED) is 0.610. The second-order valence-electron chi connectivity index (χ2n) is 5.24. The van der Waals surface area contributed by atoms with Gasteiger partial charge >= 0.3 is 6.18 Å². The van der Waals surface area contributed by atoms with Crippen molar-refractivity contribution >= 4 is 33.4 Å². The van der Waals surface area contributed by atoms with Crippen molar-refractivity contribution in [1.82, 2.24) is 15.0 Å². The molecule has 26 heavy (non-hydrogen) atoms. The molecule has 3 aromatic rings. The number of halogens is 4. The molecule has 0 radical (unpaired) electrons. The number of rotatable bonds is 4. The van der Waals surface area contributed by atoms with Crippen molar-refractivity contribution in [1.29, 1.82) is 0 Å². The maximum absolute atomic E-state index is 12.8. The van der Waals surface area contributed by atoms with Crippen LogP contribution in [-0.4, -0.2) is 22.0 Å². The van der Waals surface area contributed by atoms with Crippen LogP contribution in [-0.2, 0) is 6.18 Å². The Kier molecular flexibility index (Phi) is 5.08. The molecule has 0 atom stereocenters. The zero-order valence-electron chi connectivity index (χ0n) is 13.5. The standard InChI is InChI=1S/C17H13BrF3N5/c1-22-16-25-14(13-4-2-3-7-23-13)9-15(26-16)24-12-6-5-10(8-11(12)18)17(19,20)21/h2-9H,1H3,(H2,22,24,25,26). The summed E-state index contributed by atoms with van der Waals surface area (Å²) in [5.74, 6) is 0.782. The molecule has 0 amide bonds. The Morgan fingerprint density at radius 2 is 1.81 bits per heavy atom. The molecule has 1 aromatic carbocycles. The van der Waals surface area contributed by atoms with Crippen LogP contribution in [0.25, 0.3) is 11.4 Å². The number of hydrogen-bond acceptors (Lipinski definition) is 5. The summed E-state index contributed by atoms with van der Waals surface area (Å²) in [6.45, 7) is 0. The monoisotopic (exact) mass is 423 g/mol. The predicted molar refractivity (Wildman–Crippen MR) is 97.2 cm³/mol. The molecule has 0 bridgehead atoms. The van der Waals surface area contributed by atoms with Crippen molar-refractivity contribution in [2.24, 2.45) is 0 Å². The molecule has 0 unspecified atom stereocenters. The predicted octanol–water partition coefficient (Wildman–Crippen LogP) is 5.11. The van der Waals surface area contributed by atoms with Crippen molar-refractivity contribution in [3.05, 3.63) is 58.7 Å². The Labute approximate surface area is 155 Å². The van der Waals surface area contributed by atoms with E-state index in [1.165, 1.54) is 6.07 Å². The lowest BCUT2D eigenvalue weighted by atomic mass is 10.2. The van der Waals surface area contributed by atoms with Gasteiger partial charge in [-0.15, -0.1) is 0 Å². The van der Waals surface area contributed by atoms with Gasteiger partial charge in [-0.25, -0.2) is 4.98 Å². The number of hydrogen-bond donors (Lipinski definition) is 2. The largest absolute Gasteiger partial charge is 0.416 e. The topological polar surface area (TPSA) is 62.7 Å². The summed E-state index contributed by atoms with van der Waals surface area (Å²) in [5, 5.41) is 5.86. The molecular weight excluding hydrogens is 411 g/mol. The van der Waals surface area contributed by atoms with E-state index in [9.17, 15) is 13.2 Å². The zero-order chi connectivity index (χ0) is 18.7. The molecule has 134 valence electrons. The first-order valence-electron chi connectivity index (χ1n) is 7.49. The van der Waals surface area contributed by atoms with Gasteiger partial charge in [0.2, 0.25) is 5.95 Å². The van der Waals surface area contributed by atoms with Gasteiger partial charge in [-0.3, -0.25) is 4.98 Å². The summed E-state index contributed by atoms with van der Waals surface area (Å²) >= 11 is 3.16. The Bertz CT molecular complexity index is 916. The van der Waals surface area contributed by atoms with Crippen molar-refractivity contribution in [3.8, 4) is 11.4 Å². The fraction of sp³-hybridized carbons (Fsp3) is 0.118. The van der Waals surface area contributed by atoms with Crippen LogP contribution in [0.4, 0.5) is 30.6 Å². The summed E-state index contributed by atoms with van der Waals surface area (Å²) < 4.78 is 38.6. The molecule has 5 nitrogen and oxygen atoms in total. The first kappa shape index (κ1) is 18.1. The highest BCUT2D eigenvalue weighted by molar-refractivity contribution is 9.10. The number of anilines is 3. The van der Waals surface area contributed by atoms with Gasteiger partial charge in [0.05, 0.1) is 22.6 Å². The minimum atomic E-state index is -4.40. The van der Waals surface area contributed by atoms with E-state index in [2.05, 4.69) is 41.5 Å². The van der Waals surface area contributed by atoms with Gasteiger partial charge in [-0.05, 0) is 46.3 Å². The van der Waals surface area contributed by atoms with Crippen LogP contribution in [0.2, 0.25) is 0 Å². The molecule has 2 aromatic heterocycles. The minimum Gasteiger partial charge on any atom is -0.357 e. The van der Waals surface area contributed by atoms with E-state index in [-0.39, 0.29) is 4.47 Å². The summed E-state index contributed by atoms with van der Waals surface area (Å²) in [7, 11) is 1.68. The Hall–Kier alpha value is -2.68. The highest BCUT2D eigenvalue weighted by Gasteiger charge is 2.30. The van der Waals surface area contributed by atoms with Crippen molar-refractivity contribution in [2.75, 3.05) is 17.7 Å². The van der Waals surface area contributed by atoms with Gasteiger partial charge in [0.15, 0.2) is 0 Å². The van der Waals surface area contributed by atoms with Crippen LogP contribution in [0, 0.1) is 0 Å². The molecular formula is C17H13BrF3N5. The van der Waals surface area contributed by atoms with E-state index in [0.717, 1.165) is 12.1 Å². The molecule has 3 rings (SSSR count). The van der Waals surface area contributed by atoms with Gasteiger partial charge in [0.1, 0.15) is 5.82 Å². The molecule has 0 aliphatic heterocycles. The summed E-state index contributed by atoms with van der Waals surface area (Å²) in [6, 6.07) is 10.5. The summed E-state index contributed by atoms with van der Waals surface area (Å²) in [4.78, 5) is 12.9. The molecule has 0 saturated heterocycles. The molecule has 0 aliphatic carbocycles. The summed E-state index contributed by atoms with van der Waals surface area (Å²) in [6.07, 6.45) is -2.75. The normalized spacial score (nSPS) is 11.3. The van der Waals surface area contributed by atoms with Gasteiger partial charge in [-0.2, -0.15) is 18.2 Å². The minimum absolute atomic E-state index is 0.274. The molecule has 0 saturated carbocycles. The molecule has 0 spiro atoms. The third kappa shape index (κ3) is 4.10. The van der Waals surface area contributed by atoms with Crippen LogP contribution in [0.15, 0.2) is 53.1 Å². The lowest BCUT2D eigenvalue weighted by Crippen LogP contribution is -2.06. The number of benzene rings is 1. The van der Waals surface area contributed by atoms with Crippen LogP contribution >= 0.6 is 15.9 Å². The van der Waals surface area contributed by atoms with Crippen molar-refractivity contribution < 1.29 is 13.2 Å². The smallest absolute Gasteiger partial charge is 0.357 e. The molecule has 9 heteroatoms. The number of nitrogens with one attached hydrogen (secondary N) is 2. The third-order valence-electron chi connectivity index (χ3n) is 3.44. The number of nitrogens with zero attached hydrogens (tertiary/aromatic N) is 3. The summed E-state index contributed by atoms with van der Waals surface area (Å²) in [5.41, 5.74) is 0.949. The number of pyridine rings is 1. The molecule has 2 N–H and O–H groups in total. The fourth-order valence-electron chi connectivity index (χ4n) is 2.20. The maximum atomic E-state index is 12.8. The second kappa shape index (κ2) is 7.28. The van der Waals surface area contributed by atoms with E-state index in [1.54, 1.807) is 31.4 Å². The highest BCUT2D eigenvalue weighted by atomic mass is 79.9. The van der Waals surface area contributed by atoms with Gasteiger partial charge in [0, 0.05) is 23.8 Å². The van der Waals surface area contributed by atoms with Gasteiger partial charge < -0.3 is 10.6 Å². The first-order chi connectivity index (χ1) is 12.4.